The summed E-state index contributed by atoms with van der Waals surface area (Å²) in [6, 6.07) is 6.69. The van der Waals surface area contributed by atoms with Crippen LogP contribution in [0.15, 0.2) is 36.8 Å². The predicted molar refractivity (Wildman–Crippen MR) is 68.1 cm³/mol. The molecule has 0 spiro atoms. The van der Waals surface area contributed by atoms with Gasteiger partial charge in [-0.1, -0.05) is 11.6 Å². The third kappa shape index (κ3) is 2.84. The van der Waals surface area contributed by atoms with Gasteiger partial charge in [0.15, 0.2) is 5.78 Å². The zero-order chi connectivity index (χ0) is 13.0. The van der Waals surface area contributed by atoms with Gasteiger partial charge in [-0.2, -0.15) is 0 Å². The van der Waals surface area contributed by atoms with E-state index < -0.39 is 0 Å². The summed E-state index contributed by atoms with van der Waals surface area (Å²) in [5, 5.41) is 0.383. The smallest absolute Gasteiger partial charge is 0.170 e. The van der Waals surface area contributed by atoms with E-state index in [-0.39, 0.29) is 12.2 Å². The average molecular weight is 263 g/mol. The summed E-state index contributed by atoms with van der Waals surface area (Å²) in [4.78, 5) is 19.9. The summed E-state index contributed by atoms with van der Waals surface area (Å²) in [6.45, 7) is 0. The van der Waals surface area contributed by atoms with Gasteiger partial charge in [0.1, 0.15) is 12.1 Å². The molecular formula is C13H11ClN2O2. The second kappa shape index (κ2) is 5.60. The highest BCUT2D eigenvalue weighted by atomic mass is 35.5. The van der Waals surface area contributed by atoms with Crippen LogP contribution in [0.5, 0.6) is 5.75 Å². The van der Waals surface area contributed by atoms with Gasteiger partial charge in [-0.25, -0.2) is 9.97 Å². The lowest BCUT2D eigenvalue weighted by Crippen LogP contribution is -2.06. The molecule has 0 saturated heterocycles. The lowest BCUT2D eigenvalue weighted by Gasteiger charge is -2.05. The highest BCUT2D eigenvalue weighted by Crippen LogP contribution is 2.23. The van der Waals surface area contributed by atoms with Gasteiger partial charge in [-0.3, -0.25) is 4.79 Å². The largest absolute Gasteiger partial charge is 0.497 e. The molecule has 2 rings (SSSR count). The van der Waals surface area contributed by atoms with Gasteiger partial charge in [0.2, 0.25) is 0 Å². The Balaban J connectivity index is 2.19. The number of ketones is 1. The summed E-state index contributed by atoms with van der Waals surface area (Å²) in [6.07, 6.45) is 3.22. The minimum Gasteiger partial charge on any atom is -0.497 e. The zero-order valence-corrected chi connectivity index (χ0v) is 10.5. The highest BCUT2D eigenvalue weighted by Gasteiger charge is 2.12. The molecule has 5 heteroatoms. The molecule has 0 fully saturated rings. The number of Topliss-reactive ketones (excluding diaryl/α,β-unsaturated/α-hetero) is 1. The quantitative estimate of drug-likeness (QED) is 0.795. The van der Waals surface area contributed by atoms with Crippen molar-refractivity contribution in [1.29, 1.82) is 0 Å². The van der Waals surface area contributed by atoms with Crippen LogP contribution in [0.1, 0.15) is 16.1 Å². The zero-order valence-electron chi connectivity index (χ0n) is 9.76. The monoisotopic (exact) mass is 262 g/mol. The van der Waals surface area contributed by atoms with Crippen LogP contribution in [0.25, 0.3) is 0 Å². The van der Waals surface area contributed by atoms with E-state index in [1.165, 1.54) is 6.33 Å². The molecule has 0 radical (unpaired) electrons. The molecule has 18 heavy (non-hydrogen) atoms. The third-order valence-corrected chi connectivity index (χ3v) is 2.77. The Hall–Kier alpha value is -1.94. The summed E-state index contributed by atoms with van der Waals surface area (Å²) >= 11 is 6.04. The first-order valence-electron chi connectivity index (χ1n) is 5.32. The fraction of sp³-hybridized carbons (Fsp3) is 0.154. The highest BCUT2D eigenvalue weighted by molar-refractivity contribution is 6.34. The third-order valence-electron chi connectivity index (χ3n) is 2.46. The number of ether oxygens (including phenoxy) is 1. The Kier molecular flexibility index (Phi) is 3.89. The maximum absolute atomic E-state index is 12.0. The van der Waals surface area contributed by atoms with E-state index in [1.807, 2.05) is 0 Å². The number of halogens is 1. The molecular weight excluding hydrogens is 252 g/mol. The summed E-state index contributed by atoms with van der Waals surface area (Å²) < 4.78 is 5.03. The minimum absolute atomic E-state index is 0.0821. The van der Waals surface area contributed by atoms with Crippen molar-refractivity contribution in [3.05, 3.63) is 53.1 Å². The van der Waals surface area contributed by atoms with Crippen LogP contribution in [0.2, 0.25) is 5.02 Å². The van der Waals surface area contributed by atoms with Gasteiger partial charge in [0.05, 0.1) is 24.2 Å². The van der Waals surface area contributed by atoms with Gasteiger partial charge >= 0.3 is 0 Å². The fourth-order valence-corrected chi connectivity index (χ4v) is 1.81. The molecule has 0 amide bonds. The molecule has 0 aliphatic carbocycles. The first-order chi connectivity index (χ1) is 8.70. The van der Waals surface area contributed by atoms with Crippen molar-refractivity contribution >= 4 is 17.4 Å². The number of benzene rings is 1. The Bertz CT molecular complexity index is 558. The van der Waals surface area contributed by atoms with Gasteiger partial charge in [0, 0.05) is 11.8 Å². The molecule has 0 unspecified atom stereocenters. The summed E-state index contributed by atoms with van der Waals surface area (Å²) in [7, 11) is 1.55. The Morgan fingerprint density at radius 2 is 2.22 bits per heavy atom. The van der Waals surface area contributed by atoms with Crippen LogP contribution in [0.4, 0.5) is 0 Å². The van der Waals surface area contributed by atoms with Gasteiger partial charge in [-0.05, 0) is 24.3 Å². The van der Waals surface area contributed by atoms with Crippen LogP contribution in [-0.4, -0.2) is 22.9 Å². The minimum atomic E-state index is -0.0821. The molecule has 1 heterocycles. The van der Waals surface area contributed by atoms with Crippen LogP contribution >= 0.6 is 11.6 Å². The Morgan fingerprint density at radius 3 is 2.83 bits per heavy atom. The Labute approximate surface area is 110 Å². The number of rotatable bonds is 4. The molecule has 1 aromatic heterocycles. The van der Waals surface area contributed by atoms with E-state index >= 15 is 0 Å². The molecule has 0 bridgehead atoms. The lowest BCUT2D eigenvalue weighted by atomic mass is 10.1. The van der Waals surface area contributed by atoms with Crippen LogP contribution in [-0.2, 0) is 6.42 Å². The molecule has 0 aliphatic heterocycles. The number of nitrogens with zero attached hydrogens (tertiary/aromatic N) is 2. The number of aromatic nitrogens is 2. The van der Waals surface area contributed by atoms with E-state index in [4.69, 9.17) is 16.3 Å². The first kappa shape index (κ1) is 12.5. The van der Waals surface area contributed by atoms with Crippen molar-refractivity contribution < 1.29 is 9.53 Å². The number of hydrogen-bond donors (Lipinski definition) is 0. The van der Waals surface area contributed by atoms with Crippen molar-refractivity contribution in [2.45, 2.75) is 6.42 Å². The SMILES string of the molecule is COc1ccc(C(=O)Cc2ccncn2)c(Cl)c1. The molecule has 2 aromatic rings. The van der Waals surface area contributed by atoms with Gasteiger partial charge in [0.25, 0.3) is 0 Å². The summed E-state index contributed by atoms with van der Waals surface area (Å²) in [5.74, 6) is 0.542. The van der Waals surface area contributed by atoms with Crippen LogP contribution in [0.3, 0.4) is 0 Å². The molecule has 0 N–H and O–H groups in total. The van der Waals surface area contributed by atoms with Crippen molar-refractivity contribution in [3.8, 4) is 5.75 Å². The van der Waals surface area contributed by atoms with Gasteiger partial charge in [-0.15, -0.1) is 0 Å². The number of hydrogen-bond acceptors (Lipinski definition) is 4. The van der Waals surface area contributed by atoms with Crippen molar-refractivity contribution in [2.24, 2.45) is 0 Å². The van der Waals surface area contributed by atoms with E-state index in [9.17, 15) is 4.79 Å². The standard InChI is InChI=1S/C13H11ClN2O2/c1-18-10-2-3-11(12(14)7-10)13(17)6-9-4-5-15-8-16-9/h2-5,7-8H,6H2,1H3. The van der Waals surface area contributed by atoms with Gasteiger partial charge < -0.3 is 4.74 Å². The maximum atomic E-state index is 12.0. The first-order valence-corrected chi connectivity index (χ1v) is 5.70. The average Bonchev–Trinajstić information content (AvgIpc) is 2.39. The predicted octanol–water partition coefficient (Wildman–Crippen LogP) is 2.56. The van der Waals surface area contributed by atoms with Crippen LogP contribution in [0, 0.1) is 0 Å². The topological polar surface area (TPSA) is 52.1 Å². The second-order valence-electron chi connectivity index (χ2n) is 3.65. The van der Waals surface area contributed by atoms with Crippen LogP contribution < -0.4 is 4.74 Å². The lowest BCUT2D eigenvalue weighted by molar-refractivity contribution is 0.0992. The number of carbonyl (C=O) groups excluding carboxylic acids is 1. The molecule has 4 nitrogen and oxygen atoms in total. The van der Waals surface area contributed by atoms with Crippen molar-refractivity contribution in [3.63, 3.8) is 0 Å². The van der Waals surface area contributed by atoms with E-state index in [0.717, 1.165) is 0 Å². The molecule has 0 aliphatic rings. The molecule has 0 atom stereocenters. The maximum Gasteiger partial charge on any atom is 0.170 e. The second-order valence-corrected chi connectivity index (χ2v) is 4.05. The van der Waals surface area contributed by atoms with E-state index in [0.29, 0.717) is 22.0 Å². The summed E-state index contributed by atoms with van der Waals surface area (Å²) in [5.41, 5.74) is 1.14. The van der Waals surface area contributed by atoms with Crippen molar-refractivity contribution in [1.82, 2.24) is 9.97 Å². The molecule has 92 valence electrons. The Morgan fingerprint density at radius 1 is 1.39 bits per heavy atom. The number of methoxy groups -OCH3 is 1. The number of carbonyl (C=O) groups is 1. The van der Waals surface area contributed by atoms with Crippen molar-refractivity contribution in [2.75, 3.05) is 7.11 Å². The van der Waals surface area contributed by atoms with E-state index in [1.54, 1.807) is 37.6 Å². The van der Waals surface area contributed by atoms with E-state index in [2.05, 4.69) is 9.97 Å². The fourth-order valence-electron chi connectivity index (χ4n) is 1.53. The molecule has 0 saturated carbocycles. The molecule has 1 aromatic carbocycles. The normalized spacial score (nSPS) is 10.1.